The number of piperazine rings is 1. The van der Waals surface area contributed by atoms with Crippen LogP contribution in [0, 0.1) is 6.92 Å². The number of nitrogens with zero attached hydrogens (tertiary/aromatic N) is 4. The third-order valence-corrected chi connectivity index (χ3v) is 8.62. The molecule has 0 bridgehead atoms. The molecule has 0 saturated carbocycles. The zero-order valence-electron chi connectivity index (χ0n) is 25.6. The quantitative estimate of drug-likeness (QED) is 0.100. The van der Waals surface area contributed by atoms with E-state index in [4.69, 9.17) is 9.40 Å². The summed E-state index contributed by atoms with van der Waals surface area (Å²) in [5, 5.41) is 23.6. The monoisotopic (exact) mass is 651 g/mol. The highest BCUT2D eigenvalue weighted by Crippen LogP contribution is 2.27. The standard InChI is InChI=1S/C34H33N7O5S/c1-22-15-32(44)46-30-17-29(42)24(16-28(22)30)18-35-39-31(43)20-41-13-11-40(12-14-41)19-27-21-47-33(36-27)23-7-9-26(10-8-23)38-34(45)37-25-5-3-2-4-6-25/h2-10,15-18,21,42H,11-14,19-20H2,1H3,(H,39,43)(H2,37,38,45)/b35-18+. The number of para-hydroxylation sites is 1. The number of urea groups is 1. The van der Waals surface area contributed by atoms with Crippen molar-refractivity contribution >= 4 is 51.8 Å². The summed E-state index contributed by atoms with van der Waals surface area (Å²) in [5.41, 5.74) is 6.82. The third-order valence-electron chi connectivity index (χ3n) is 7.68. The number of hydrazone groups is 1. The number of aryl methyl sites for hydroxylation is 1. The summed E-state index contributed by atoms with van der Waals surface area (Å²) in [4.78, 5) is 45.6. The lowest BCUT2D eigenvalue weighted by atomic mass is 10.1. The molecular formula is C34H33N7O5S. The van der Waals surface area contributed by atoms with Crippen LogP contribution in [0.25, 0.3) is 21.5 Å². The van der Waals surface area contributed by atoms with Gasteiger partial charge in [0.1, 0.15) is 16.3 Å². The van der Waals surface area contributed by atoms with Crippen LogP contribution in [0.5, 0.6) is 5.75 Å². The Kier molecular flexibility index (Phi) is 9.67. The number of fused-ring (bicyclic) bond motifs is 1. The first-order valence-electron chi connectivity index (χ1n) is 15.0. The molecule has 0 radical (unpaired) electrons. The van der Waals surface area contributed by atoms with Crippen molar-refractivity contribution in [1.29, 1.82) is 0 Å². The largest absolute Gasteiger partial charge is 0.507 e. The minimum Gasteiger partial charge on any atom is -0.507 e. The SMILES string of the molecule is Cc1cc(=O)oc2cc(O)c(/C=N/NC(=O)CN3CCN(Cc4csc(-c5ccc(NC(=O)Nc6ccccc6)cc5)n4)CC3)cc12. The Balaban J connectivity index is 0.937. The summed E-state index contributed by atoms with van der Waals surface area (Å²) < 4.78 is 5.14. The maximum Gasteiger partial charge on any atom is 0.336 e. The van der Waals surface area contributed by atoms with Gasteiger partial charge < -0.3 is 20.2 Å². The maximum atomic E-state index is 12.5. The molecule has 6 rings (SSSR count). The number of rotatable bonds is 9. The summed E-state index contributed by atoms with van der Waals surface area (Å²) in [5.74, 6) is -0.359. The molecule has 0 aliphatic carbocycles. The summed E-state index contributed by atoms with van der Waals surface area (Å²) in [6.07, 6.45) is 1.37. The molecule has 12 nitrogen and oxygen atoms in total. The van der Waals surface area contributed by atoms with E-state index in [-0.39, 0.29) is 29.8 Å². The summed E-state index contributed by atoms with van der Waals surface area (Å²) in [6.45, 7) is 5.78. The highest BCUT2D eigenvalue weighted by Gasteiger charge is 2.20. The van der Waals surface area contributed by atoms with E-state index < -0.39 is 5.63 Å². The number of benzene rings is 3. The Morgan fingerprint density at radius 1 is 0.979 bits per heavy atom. The van der Waals surface area contributed by atoms with Gasteiger partial charge in [-0.25, -0.2) is 20.0 Å². The fourth-order valence-corrected chi connectivity index (χ4v) is 6.06. The van der Waals surface area contributed by atoms with Gasteiger partial charge in [0.2, 0.25) is 0 Å². The van der Waals surface area contributed by atoms with Crippen molar-refractivity contribution in [1.82, 2.24) is 20.2 Å². The number of carbonyl (C=O) groups is 2. The van der Waals surface area contributed by atoms with Crippen LogP contribution in [0.2, 0.25) is 0 Å². The van der Waals surface area contributed by atoms with Gasteiger partial charge in [0.05, 0.1) is 18.5 Å². The van der Waals surface area contributed by atoms with E-state index in [0.717, 1.165) is 60.2 Å². The number of phenols is 1. The van der Waals surface area contributed by atoms with Gasteiger partial charge in [-0.1, -0.05) is 18.2 Å². The molecule has 1 aliphatic rings. The van der Waals surface area contributed by atoms with Gasteiger partial charge in [0.25, 0.3) is 5.91 Å². The van der Waals surface area contributed by atoms with E-state index in [1.807, 2.05) is 54.6 Å². The molecule has 240 valence electrons. The predicted octanol–water partition coefficient (Wildman–Crippen LogP) is 4.84. The molecule has 0 atom stereocenters. The lowest BCUT2D eigenvalue weighted by molar-refractivity contribution is -0.122. The molecule has 1 fully saturated rings. The number of aromatic hydroxyl groups is 1. The van der Waals surface area contributed by atoms with Gasteiger partial charge in [0.15, 0.2) is 0 Å². The number of phenolic OH excluding ortho intramolecular Hbond substituents is 1. The molecular weight excluding hydrogens is 618 g/mol. The molecule has 47 heavy (non-hydrogen) atoms. The molecule has 13 heteroatoms. The van der Waals surface area contributed by atoms with Gasteiger partial charge in [-0.05, 0) is 55.0 Å². The number of anilines is 2. The van der Waals surface area contributed by atoms with Crippen molar-refractivity contribution in [2.45, 2.75) is 13.5 Å². The van der Waals surface area contributed by atoms with Gasteiger partial charge in [-0.3, -0.25) is 14.6 Å². The minimum absolute atomic E-state index is 0.108. The fourth-order valence-electron chi connectivity index (χ4n) is 5.24. The highest BCUT2D eigenvalue weighted by atomic mass is 32.1. The number of hydrogen-bond donors (Lipinski definition) is 4. The molecule has 2 aromatic heterocycles. The summed E-state index contributed by atoms with van der Waals surface area (Å²) in [7, 11) is 0. The molecule has 0 spiro atoms. The van der Waals surface area contributed by atoms with E-state index in [1.165, 1.54) is 18.3 Å². The Morgan fingerprint density at radius 3 is 2.43 bits per heavy atom. The van der Waals surface area contributed by atoms with E-state index in [9.17, 15) is 19.5 Å². The lowest BCUT2D eigenvalue weighted by Gasteiger charge is -2.33. The average Bonchev–Trinajstić information content (AvgIpc) is 3.51. The van der Waals surface area contributed by atoms with Crippen molar-refractivity contribution < 1.29 is 19.1 Å². The van der Waals surface area contributed by atoms with E-state index in [1.54, 1.807) is 24.3 Å². The van der Waals surface area contributed by atoms with Crippen LogP contribution in [-0.4, -0.2) is 70.8 Å². The van der Waals surface area contributed by atoms with Gasteiger partial charge in [-0.2, -0.15) is 5.10 Å². The molecule has 4 N–H and O–H groups in total. The smallest absolute Gasteiger partial charge is 0.336 e. The molecule has 5 aromatic rings. The topological polar surface area (TPSA) is 152 Å². The number of hydrogen-bond acceptors (Lipinski definition) is 10. The number of amides is 3. The normalized spacial score (nSPS) is 14.0. The highest BCUT2D eigenvalue weighted by molar-refractivity contribution is 7.13. The van der Waals surface area contributed by atoms with Gasteiger partial charge in [0, 0.05) is 78.1 Å². The Labute approximate surface area is 274 Å². The first kappa shape index (κ1) is 31.6. The van der Waals surface area contributed by atoms with Crippen LogP contribution in [-0.2, 0) is 11.3 Å². The number of nitrogens with one attached hydrogen (secondary N) is 3. The molecule has 3 heterocycles. The molecule has 3 amide bonds. The second-order valence-electron chi connectivity index (χ2n) is 11.2. The zero-order valence-corrected chi connectivity index (χ0v) is 26.4. The minimum atomic E-state index is -0.485. The molecule has 0 unspecified atom stereocenters. The van der Waals surface area contributed by atoms with Crippen molar-refractivity contribution in [2.75, 3.05) is 43.4 Å². The third kappa shape index (κ3) is 8.27. The van der Waals surface area contributed by atoms with E-state index in [2.05, 4.69) is 36.3 Å². The number of aromatic nitrogens is 1. The van der Waals surface area contributed by atoms with Crippen molar-refractivity contribution in [3.8, 4) is 16.3 Å². The first-order chi connectivity index (χ1) is 22.8. The van der Waals surface area contributed by atoms with Crippen LogP contribution in [0.3, 0.4) is 0 Å². The van der Waals surface area contributed by atoms with Crippen LogP contribution >= 0.6 is 11.3 Å². The molecule has 1 saturated heterocycles. The van der Waals surface area contributed by atoms with Crippen molar-refractivity contribution in [2.24, 2.45) is 5.10 Å². The van der Waals surface area contributed by atoms with Crippen LogP contribution in [0.1, 0.15) is 16.8 Å². The van der Waals surface area contributed by atoms with Crippen molar-refractivity contribution in [3.63, 3.8) is 0 Å². The van der Waals surface area contributed by atoms with Crippen LogP contribution in [0.4, 0.5) is 16.2 Å². The summed E-state index contributed by atoms with van der Waals surface area (Å²) in [6, 6.07) is 21.0. The van der Waals surface area contributed by atoms with Gasteiger partial charge >= 0.3 is 11.7 Å². The summed E-state index contributed by atoms with van der Waals surface area (Å²) >= 11 is 1.58. The Morgan fingerprint density at radius 2 is 1.68 bits per heavy atom. The zero-order chi connectivity index (χ0) is 32.8. The predicted molar refractivity (Wildman–Crippen MR) is 183 cm³/mol. The van der Waals surface area contributed by atoms with E-state index in [0.29, 0.717) is 16.6 Å². The average molecular weight is 652 g/mol. The number of carbonyl (C=O) groups excluding carboxylic acids is 2. The fraction of sp³-hybridized carbons (Fsp3) is 0.206. The van der Waals surface area contributed by atoms with Crippen molar-refractivity contribution in [3.05, 3.63) is 105 Å². The Hall–Kier alpha value is -5.37. The molecule has 1 aliphatic heterocycles. The maximum absolute atomic E-state index is 12.5. The van der Waals surface area contributed by atoms with Crippen LogP contribution in [0.15, 0.2) is 92.5 Å². The molecule has 3 aromatic carbocycles. The lowest BCUT2D eigenvalue weighted by Crippen LogP contribution is -2.48. The number of thiazole rings is 1. The second kappa shape index (κ2) is 14.4. The van der Waals surface area contributed by atoms with Gasteiger partial charge in [-0.15, -0.1) is 11.3 Å². The van der Waals surface area contributed by atoms with Crippen LogP contribution < -0.4 is 21.7 Å². The second-order valence-corrected chi connectivity index (χ2v) is 12.0. The first-order valence-corrected chi connectivity index (χ1v) is 15.9. The van der Waals surface area contributed by atoms with E-state index >= 15 is 0 Å². The Bertz CT molecular complexity index is 1970.